The smallest absolute Gasteiger partial charge is 0.175 e. The molecule has 1 aromatic rings. The standard InChI is InChI=1S/C14H22N2O2S/c1-11(15)12-7-9-16(10-8-12)13-3-5-14(6-4-13)19(2,17)18/h3-6,11-12H,7-10,15H2,1-2H3. The summed E-state index contributed by atoms with van der Waals surface area (Å²) >= 11 is 0. The van der Waals surface area contributed by atoms with E-state index in [1.807, 2.05) is 12.1 Å². The highest BCUT2D eigenvalue weighted by atomic mass is 32.2. The molecular weight excluding hydrogens is 260 g/mol. The molecule has 0 bridgehead atoms. The summed E-state index contributed by atoms with van der Waals surface area (Å²) in [6.07, 6.45) is 3.44. The van der Waals surface area contributed by atoms with Crippen LogP contribution in [0.15, 0.2) is 29.2 Å². The van der Waals surface area contributed by atoms with Crippen LogP contribution >= 0.6 is 0 Å². The van der Waals surface area contributed by atoms with Gasteiger partial charge >= 0.3 is 0 Å². The van der Waals surface area contributed by atoms with Gasteiger partial charge in [0, 0.05) is 31.1 Å². The number of hydrogen-bond acceptors (Lipinski definition) is 4. The summed E-state index contributed by atoms with van der Waals surface area (Å²) in [5.74, 6) is 0.603. The number of piperidine rings is 1. The van der Waals surface area contributed by atoms with Crippen molar-refractivity contribution in [1.29, 1.82) is 0 Å². The predicted molar refractivity (Wildman–Crippen MR) is 78.1 cm³/mol. The molecule has 106 valence electrons. The van der Waals surface area contributed by atoms with Crippen LogP contribution < -0.4 is 10.6 Å². The second-order valence-corrected chi connectivity index (χ2v) is 7.47. The quantitative estimate of drug-likeness (QED) is 0.915. The van der Waals surface area contributed by atoms with Crippen LogP contribution in [0.2, 0.25) is 0 Å². The second kappa shape index (κ2) is 5.51. The monoisotopic (exact) mass is 282 g/mol. The van der Waals surface area contributed by atoms with Gasteiger partial charge in [-0.1, -0.05) is 0 Å². The molecule has 1 fully saturated rings. The normalized spacial score (nSPS) is 19.4. The molecule has 1 aromatic carbocycles. The fraction of sp³-hybridized carbons (Fsp3) is 0.571. The fourth-order valence-electron chi connectivity index (χ4n) is 2.59. The molecule has 0 saturated carbocycles. The lowest BCUT2D eigenvalue weighted by Gasteiger charge is -2.35. The largest absolute Gasteiger partial charge is 0.372 e. The molecule has 0 amide bonds. The fourth-order valence-corrected chi connectivity index (χ4v) is 3.22. The van der Waals surface area contributed by atoms with Gasteiger partial charge in [0.25, 0.3) is 0 Å². The maximum absolute atomic E-state index is 11.4. The summed E-state index contributed by atoms with van der Waals surface area (Å²) in [6.45, 7) is 4.05. The highest BCUT2D eigenvalue weighted by Crippen LogP contribution is 2.25. The van der Waals surface area contributed by atoms with Gasteiger partial charge in [-0.3, -0.25) is 0 Å². The van der Waals surface area contributed by atoms with Crippen molar-refractivity contribution in [3.8, 4) is 0 Å². The van der Waals surface area contributed by atoms with Gasteiger partial charge in [0.2, 0.25) is 0 Å². The molecule has 2 N–H and O–H groups in total. The van der Waals surface area contributed by atoms with Crippen molar-refractivity contribution in [2.45, 2.75) is 30.7 Å². The van der Waals surface area contributed by atoms with Crippen molar-refractivity contribution >= 4 is 15.5 Å². The molecule has 2 rings (SSSR count). The average Bonchev–Trinajstić information content (AvgIpc) is 2.38. The van der Waals surface area contributed by atoms with Crippen LogP contribution in [0, 0.1) is 5.92 Å². The zero-order valence-corrected chi connectivity index (χ0v) is 12.4. The van der Waals surface area contributed by atoms with Crippen molar-refractivity contribution < 1.29 is 8.42 Å². The first-order valence-electron chi connectivity index (χ1n) is 6.68. The van der Waals surface area contributed by atoms with E-state index in [2.05, 4.69) is 11.8 Å². The predicted octanol–water partition coefficient (Wildman–Crippen LogP) is 1.65. The summed E-state index contributed by atoms with van der Waals surface area (Å²) in [5, 5.41) is 0. The van der Waals surface area contributed by atoms with Crippen molar-refractivity contribution in [2.75, 3.05) is 24.2 Å². The Bertz CT molecular complexity index is 515. The van der Waals surface area contributed by atoms with Gasteiger partial charge in [0.05, 0.1) is 4.90 Å². The lowest BCUT2D eigenvalue weighted by Crippen LogP contribution is -2.39. The molecule has 1 saturated heterocycles. The summed E-state index contributed by atoms with van der Waals surface area (Å²) in [6, 6.07) is 7.41. The topological polar surface area (TPSA) is 63.4 Å². The summed E-state index contributed by atoms with van der Waals surface area (Å²) in [7, 11) is -3.11. The molecule has 0 aromatic heterocycles. The molecule has 1 unspecified atom stereocenters. The van der Waals surface area contributed by atoms with E-state index in [1.165, 1.54) is 6.26 Å². The average molecular weight is 282 g/mol. The molecule has 0 spiro atoms. The van der Waals surface area contributed by atoms with Crippen LogP contribution in [-0.4, -0.2) is 33.8 Å². The molecular formula is C14H22N2O2S. The molecule has 0 radical (unpaired) electrons. The van der Waals surface area contributed by atoms with Gasteiger partial charge < -0.3 is 10.6 Å². The number of sulfone groups is 1. The van der Waals surface area contributed by atoms with E-state index in [-0.39, 0.29) is 6.04 Å². The Morgan fingerprint density at radius 3 is 2.16 bits per heavy atom. The lowest BCUT2D eigenvalue weighted by atomic mass is 9.91. The van der Waals surface area contributed by atoms with Crippen LogP contribution in [0.25, 0.3) is 0 Å². The highest BCUT2D eigenvalue weighted by molar-refractivity contribution is 7.90. The number of rotatable bonds is 3. The number of benzene rings is 1. The van der Waals surface area contributed by atoms with E-state index in [0.717, 1.165) is 31.6 Å². The zero-order chi connectivity index (χ0) is 14.0. The Kier molecular flexibility index (Phi) is 4.16. The Morgan fingerprint density at radius 1 is 1.21 bits per heavy atom. The SMILES string of the molecule is CC(N)C1CCN(c2ccc(S(C)(=O)=O)cc2)CC1. The number of anilines is 1. The molecule has 19 heavy (non-hydrogen) atoms. The maximum Gasteiger partial charge on any atom is 0.175 e. The number of nitrogens with zero attached hydrogens (tertiary/aromatic N) is 1. The van der Waals surface area contributed by atoms with Crippen molar-refractivity contribution in [3.05, 3.63) is 24.3 Å². The third kappa shape index (κ3) is 3.48. The van der Waals surface area contributed by atoms with E-state index in [4.69, 9.17) is 5.73 Å². The van der Waals surface area contributed by atoms with Gasteiger partial charge in [-0.05, 0) is 49.9 Å². The molecule has 1 aliphatic heterocycles. The first-order valence-corrected chi connectivity index (χ1v) is 8.58. The van der Waals surface area contributed by atoms with Gasteiger partial charge in [-0.25, -0.2) is 8.42 Å². The first-order chi connectivity index (χ1) is 8.88. The molecule has 1 heterocycles. The van der Waals surface area contributed by atoms with Gasteiger partial charge in [0.15, 0.2) is 9.84 Å². The molecule has 5 heteroatoms. The van der Waals surface area contributed by atoms with Crippen molar-refractivity contribution in [3.63, 3.8) is 0 Å². The Hall–Kier alpha value is -1.07. The Morgan fingerprint density at radius 2 is 1.74 bits per heavy atom. The maximum atomic E-state index is 11.4. The molecule has 4 nitrogen and oxygen atoms in total. The minimum atomic E-state index is -3.11. The van der Waals surface area contributed by atoms with Crippen LogP contribution in [0.5, 0.6) is 0 Å². The Balaban J connectivity index is 2.04. The molecule has 0 aliphatic carbocycles. The second-order valence-electron chi connectivity index (χ2n) is 5.45. The van der Waals surface area contributed by atoms with Crippen LogP contribution in [0.4, 0.5) is 5.69 Å². The van der Waals surface area contributed by atoms with Crippen molar-refractivity contribution in [2.24, 2.45) is 11.7 Å². The van der Waals surface area contributed by atoms with E-state index < -0.39 is 9.84 Å². The minimum Gasteiger partial charge on any atom is -0.372 e. The number of nitrogens with two attached hydrogens (primary N) is 1. The van der Waals surface area contributed by atoms with Gasteiger partial charge in [0.1, 0.15) is 0 Å². The first kappa shape index (κ1) is 14.3. The number of hydrogen-bond donors (Lipinski definition) is 1. The van der Waals surface area contributed by atoms with E-state index in [0.29, 0.717) is 10.8 Å². The third-order valence-electron chi connectivity index (χ3n) is 3.91. The highest BCUT2D eigenvalue weighted by Gasteiger charge is 2.22. The van der Waals surface area contributed by atoms with Gasteiger partial charge in [-0.2, -0.15) is 0 Å². The van der Waals surface area contributed by atoms with Gasteiger partial charge in [-0.15, -0.1) is 0 Å². The summed E-state index contributed by atoms with van der Waals surface area (Å²) in [4.78, 5) is 2.67. The molecule has 1 aliphatic rings. The summed E-state index contributed by atoms with van der Waals surface area (Å²) in [5.41, 5.74) is 7.03. The van der Waals surface area contributed by atoms with Crippen molar-refractivity contribution in [1.82, 2.24) is 0 Å². The van der Waals surface area contributed by atoms with Crippen LogP contribution in [0.3, 0.4) is 0 Å². The van der Waals surface area contributed by atoms with E-state index in [1.54, 1.807) is 12.1 Å². The zero-order valence-electron chi connectivity index (χ0n) is 11.5. The van der Waals surface area contributed by atoms with Crippen LogP contribution in [-0.2, 0) is 9.84 Å². The minimum absolute atomic E-state index is 0.259. The van der Waals surface area contributed by atoms with E-state index in [9.17, 15) is 8.42 Å². The summed E-state index contributed by atoms with van der Waals surface area (Å²) < 4.78 is 22.8. The molecule has 1 atom stereocenters. The Labute approximate surface area is 115 Å². The third-order valence-corrected chi connectivity index (χ3v) is 5.04. The van der Waals surface area contributed by atoms with E-state index >= 15 is 0 Å². The van der Waals surface area contributed by atoms with Crippen LogP contribution in [0.1, 0.15) is 19.8 Å². The lowest BCUT2D eigenvalue weighted by molar-refractivity contribution is 0.354.